The highest BCUT2D eigenvalue weighted by atomic mass is 35.5. The molecule has 1 atom stereocenters. The fourth-order valence-electron chi connectivity index (χ4n) is 4.14. The minimum absolute atomic E-state index is 0.0147. The first-order valence-electron chi connectivity index (χ1n) is 10.3. The van der Waals surface area contributed by atoms with E-state index in [2.05, 4.69) is 0 Å². The first-order valence-corrected chi connectivity index (χ1v) is 11.6. The van der Waals surface area contributed by atoms with E-state index in [0.717, 1.165) is 18.9 Å². The van der Waals surface area contributed by atoms with Crippen molar-refractivity contribution in [3.63, 3.8) is 0 Å². The van der Waals surface area contributed by atoms with E-state index in [1.807, 2.05) is 17.5 Å². The molecule has 1 aromatic carbocycles. The quantitative estimate of drug-likeness (QED) is 0.701. The summed E-state index contributed by atoms with van der Waals surface area (Å²) in [4.78, 5) is 44.3. The van der Waals surface area contributed by atoms with Gasteiger partial charge in [0.1, 0.15) is 5.82 Å². The maximum Gasteiger partial charge on any atom is 0.263 e. The topological polar surface area (TPSA) is 60.9 Å². The van der Waals surface area contributed by atoms with Crippen molar-refractivity contribution in [1.29, 1.82) is 0 Å². The third kappa shape index (κ3) is 4.75. The average molecular weight is 464 g/mol. The molecular weight excluding hydrogens is 441 g/mol. The van der Waals surface area contributed by atoms with Crippen molar-refractivity contribution in [2.75, 3.05) is 39.3 Å². The molecule has 1 aromatic heterocycles. The van der Waals surface area contributed by atoms with Crippen LogP contribution in [0.3, 0.4) is 0 Å². The second kappa shape index (κ2) is 9.36. The van der Waals surface area contributed by atoms with Crippen molar-refractivity contribution in [2.45, 2.75) is 12.8 Å². The van der Waals surface area contributed by atoms with E-state index < -0.39 is 5.82 Å². The number of halogens is 2. The Morgan fingerprint density at radius 3 is 2.39 bits per heavy atom. The van der Waals surface area contributed by atoms with Crippen LogP contribution in [0.2, 0.25) is 5.02 Å². The molecule has 0 radical (unpaired) electrons. The van der Waals surface area contributed by atoms with Gasteiger partial charge in [0.05, 0.1) is 21.4 Å². The molecular formula is C22H23ClFN3O3S. The third-order valence-corrected chi connectivity index (χ3v) is 7.00. The van der Waals surface area contributed by atoms with Crippen LogP contribution >= 0.6 is 22.9 Å². The number of piperazine rings is 1. The number of carbonyl (C=O) groups is 3. The Hall–Kier alpha value is -2.45. The number of thiophene rings is 1. The highest BCUT2D eigenvalue weighted by Crippen LogP contribution is 2.24. The molecule has 0 spiro atoms. The zero-order chi connectivity index (χ0) is 22.0. The number of hydrogen-bond acceptors (Lipinski definition) is 4. The van der Waals surface area contributed by atoms with Crippen LogP contribution < -0.4 is 0 Å². The summed E-state index contributed by atoms with van der Waals surface area (Å²) >= 11 is 7.43. The summed E-state index contributed by atoms with van der Waals surface area (Å²) in [5.41, 5.74) is 0.262. The van der Waals surface area contributed by atoms with Gasteiger partial charge in [-0.15, -0.1) is 11.3 Å². The van der Waals surface area contributed by atoms with Gasteiger partial charge in [0.25, 0.3) is 11.8 Å². The molecule has 2 fully saturated rings. The number of rotatable bonds is 3. The molecule has 6 nitrogen and oxygen atoms in total. The van der Waals surface area contributed by atoms with Gasteiger partial charge >= 0.3 is 0 Å². The van der Waals surface area contributed by atoms with Crippen molar-refractivity contribution in [3.05, 3.63) is 57.0 Å². The lowest BCUT2D eigenvalue weighted by Crippen LogP contribution is -2.54. The van der Waals surface area contributed by atoms with E-state index in [1.54, 1.807) is 14.7 Å². The van der Waals surface area contributed by atoms with Gasteiger partial charge in [-0.3, -0.25) is 14.4 Å². The van der Waals surface area contributed by atoms with Gasteiger partial charge in [-0.25, -0.2) is 4.39 Å². The number of carbonyl (C=O) groups excluding carboxylic acids is 3. The second-order valence-corrected chi connectivity index (χ2v) is 9.16. The van der Waals surface area contributed by atoms with Crippen molar-refractivity contribution >= 4 is 40.7 Å². The van der Waals surface area contributed by atoms with Gasteiger partial charge in [0, 0.05) is 39.3 Å². The Balaban J connectivity index is 1.33. The van der Waals surface area contributed by atoms with Crippen LogP contribution in [0.1, 0.15) is 32.9 Å². The predicted octanol–water partition coefficient (Wildman–Crippen LogP) is 3.38. The molecule has 3 heterocycles. The van der Waals surface area contributed by atoms with Crippen LogP contribution in [-0.4, -0.2) is 71.7 Å². The Kier molecular flexibility index (Phi) is 6.57. The Bertz CT molecular complexity index is 976. The average Bonchev–Trinajstić information content (AvgIpc) is 3.33. The summed E-state index contributed by atoms with van der Waals surface area (Å²) < 4.78 is 13.2. The molecule has 164 valence electrons. The van der Waals surface area contributed by atoms with E-state index in [-0.39, 0.29) is 34.2 Å². The van der Waals surface area contributed by atoms with Crippen molar-refractivity contribution < 1.29 is 18.8 Å². The molecule has 2 aliphatic heterocycles. The molecule has 2 aliphatic rings. The van der Waals surface area contributed by atoms with E-state index in [9.17, 15) is 18.8 Å². The summed E-state index contributed by atoms with van der Waals surface area (Å²) in [6.45, 7) is 2.74. The molecule has 31 heavy (non-hydrogen) atoms. The van der Waals surface area contributed by atoms with E-state index in [1.165, 1.54) is 23.5 Å². The van der Waals surface area contributed by atoms with Crippen molar-refractivity contribution in [1.82, 2.24) is 14.7 Å². The van der Waals surface area contributed by atoms with Crippen LogP contribution in [0.5, 0.6) is 0 Å². The van der Waals surface area contributed by atoms with Crippen LogP contribution in [0.15, 0.2) is 35.7 Å². The van der Waals surface area contributed by atoms with Gasteiger partial charge in [0.15, 0.2) is 0 Å². The lowest BCUT2D eigenvalue weighted by molar-refractivity contribution is -0.138. The van der Waals surface area contributed by atoms with Crippen LogP contribution in [0.4, 0.5) is 4.39 Å². The fourth-order valence-corrected chi connectivity index (χ4v) is 5.08. The second-order valence-electron chi connectivity index (χ2n) is 7.81. The highest BCUT2D eigenvalue weighted by molar-refractivity contribution is 7.12. The molecule has 2 saturated heterocycles. The summed E-state index contributed by atoms with van der Waals surface area (Å²) in [5, 5.41) is 1.96. The molecule has 2 aromatic rings. The van der Waals surface area contributed by atoms with E-state index >= 15 is 0 Å². The maximum atomic E-state index is 13.2. The maximum absolute atomic E-state index is 13.2. The molecule has 0 saturated carbocycles. The SMILES string of the molecule is O=C(c1cccs1)N1CCCC(C(=O)N2CCN(C(=O)c3ccc(F)cc3Cl)CC2)C1. The van der Waals surface area contributed by atoms with Crippen LogP contribution in [0.25, 0.3) is 0 Å². The first-order chi connectivity index (χ1) is 14.9. The number of likely N-dealkylation sites (tertiary alicyclic amines) is 1. The smallest absolute Gasteiger partial charge is 0.263 e. The molecule has 3 amide bonds. The predicted molar refractivity (Wildman–Crippen MR) is 117 cm³/mol. The largest absolute Gasteiger partial charge is 0.339 e. The lowest BCUT2D eigenvalue weighted by Gasteiger charge is -2.39. The van der Waals surface area contributed by atoms with Gasteiger partial charge in [0.2, 0.25) is 5.91 Å². The number of piperidine rings is 1. The fraction of sp³-hybridized carbons (Fsp3) is 0.409. The zero-order valence-electron chi connectivity index (χ0n) is 16.9. The molecule has 0 bridgehead atoms. The Morgan fingerprint density at radius 1 is 0.968 bits per heavy atom. The van der Waals surface area contributed by atoms with Gasteiger partial charge in [-0.05, 0) is 42.5 Å². The van der Waals surface area contributed by atoms with Gasteiger partial charge in [-0.1, -0.05) is 17.7 Å². The molecule has 9 heteroatoms. The molecule has 4 rings (SSSR count). The van der Waals surface area contributed by atoms with Gasteiger partial charge < -0.3 is 14.7 Å². The van der Waals surface area contributed by atoms with Crippen molar-refractivity contribution in [3.8, 4) is 0 Å². The van der Waals surface area contributed by atoms with E-state index in [0.29, 0.717) is 44.1 Å². The van der Waals surface area contributed by atoms with Crippen LogP contribution in [-0.2, 0) is 4.79 Å². The summed E-state index contributed by atoms with van der Waals surface area (Å²) in [6, 6.07) is 7.39. The Labute approximate surface area is 189 Å². The first kappa shape index (κ1) is 21.8. The normalized spacial score (nSPS) is 19.4. The van der Waals surface area contributed by atoms with Crippen molar-refractivity contribution in [2.24, 2.45) is 5.92 Å². The monoisotopic (exact) mass is 463 g/mol. The summed E-state index contributed by atoms with van der Waals surface area (Å²) in [5.74, 6) is -0.945. The number of amides is 3. The summed E-state index contributed by atoms with van der Waals surface area (Å²) in [6.07, 6.45) is 1.56. The third-order valence-electron chi connectivity index (χ3n) is 5.83. The minimum Gasteiger partial charge on any atom is -0.339 e. The zero-order valence-corrected chi connectivity index (χ0v) is 18.5. The highest BCUT2D eigenvalue weighted by Gasteiger charge is 2.34. The molecule has 1 unspecified atom stereocenters. The van der Waals surface area contributed by atoms with Crippen LogP contribution in [0, 0.1) is 11.7 Å². The number of nitrogens with zero attached hydrogens (tertiary/aromatic N) is 3. The van der Waals surface area contributed by atoms with E-state index in [4.69, 9.17) is 11.6 Å². The minimum atomic E-state index is -0.490. The molecule has 0 N–H and O–H groups in total. The lowest BCUT2D eigenvalue weighted by atomic mass is 9.96. The Morgan fingerprint density at radius 2 is 1.71 bits per heavy atom. The van der Waals surface area contributed by atoms with Gasteiger partial charge in [-0.2, -0.15) is 0 Å². The number of hydrogen-bond donors (Lipinski definition) is 0. The summed E-state index contributed by atoms with van der Waals surface area (Å²) in [7, 11) is 0. The standard InChI is InChI=1S/C22H23ClFN3O3S/c23-18-13-16(24)5-6-17(18)21(29)26-10-8-25(9-11-26)20(28)15-3-1-7-27(14-15)22(30)19-4-2-12-31-19/h2,4-6,12-13,15H,1,3,7-11,14H2. The number of benzene rings is 1. The molecule has 0 aliphatic carbocycles.